The first-order valence-electron chi connectivity index (χ1n) is 7.82. The molecule has 0 aliphatic carbocycles. The third-order valence-corrected chi connectivity index (χ3v) is 10.8. The third-order valence-electron chi connectivity index (χ3n) is 4.75. The molecule has 118 valence electrons. The van der Waals surface area contributed by atoms with Gasteiger partial charge in [0.15, 0.2) is 6.10 Å². The molecular weight excluding hydrogens is 282 g/mol. The number of nitrogens with one attached hydrogen (secondary N) is 1. The molecule has 1 saturated heterocycles. The van der Waals surface area contributed by atoms with Crippen molar-refractivity contribution in [1.29, 1.82) is 0 Å². The minimum absolute atomic E-state index is 0.0183. The number of β-lactam (4-membered cyclic amide) rings is 1. The zero-order chi connectivity index (χ0) is 15.8. The summed E-state index contributed by atoms with van der Waals surface area (Å²) in [5.41, 5.74) is 1.38. The van der Waals surface area contributed by atoms with Gasteiger partial charge in [0.2, 0.25) is 8.32 Å². The van der Waals surface area contributed by atoms with Crippen LogP contribution in [0.5, 0.6) is 0 Å². The van der Waals surface area contributed by atoms with Crippen LogP contribution in [0.15, 0.2) is 22.8 Å². The van der Waals surface area contributed by atoms with Gasteiger partial charge in [0.05, 0.1) is 6.26 Å². The van der Waals surface area contributed by atoms with Crippen LogP contribution in [0.3, 0.4) is 0 Å². The Kier molecular flexibility index (Phi) is 4.63. The predicted octanol–water partition coefficient (Wildman–Crippen LogP) is 4.01. The molecule has 1 aromatic rings. The molecule has 21 heavy (non-hydrogen) atoms. The fourth-order valence-corrected chi connectivity index (χ4v) is 9.30. The van der Waals surface area contributed by atoms with Crippen molar-refractivity contribution in [2.24, 2.45) is 0 Å². The van der Waals surface area contributed by atoms with Crippen molar-refractivity contribution in [3.05, 3.63) is 24.2 Å². The lowest BCUT2D eigenvalue weighted by atomic mass is 10.0. The second-order valence-electron chi connectivity index (χ2n) is 6.86. The largest absolute Gasteiger partial charge is 0.467 e. The molecule has 0 radical (unpaired) electrons. The lowest BCUT2D eigenvalue weighted by molar-refractivity contribution is -0.142. The molecule has 0 aromatic carbocycles. The van der Waals surface area contributed by atoms with Gasteiger partial charge in [0, 0.05) is 0 Å². The quantitative estimate of drug-likeness (QED) is 0.638. The predicted molar refractivity (Wildman–Crippen MR) is 85.5 cm³/mol. The minimum atomic E-state index is -2.06. The Morgan fingerprint density at radius 1 is 1.14 bits per heavy atom. The molecule has 1 amide bonds. The second kappa shape index (κ2) is 5.97. The molecule has 0 unspecified atom stereocenters. The highest BCUT2D eigenvalue weighted by Crippen LogP contribution is 2.45. The molecule has 1 N–H and O–H groups in total. The molecular formula is C16H27NO3Si. The molecule has 1 aliphatic heterocycles. The van der Waals surface area contributed by atoms with E-state index in [0.29, 0.717) is 16.6 Å². The molecule has 2 rings (SSSR count). The summed E-state index contributed by atoms with van der Waals surface area (Å²) >= 11 is 0. The summed E-state index contributed by atoms with van der Waals surface area (Å²) in [6, 6.07) is 3.59. The molecule has 0 spiro atoms. The molecule has 1 aromatic heterocycles. The van der Waals surface area contributed by atoms with E-state index in [9.17, 15) is 4.79 Å². The summed E-state index contributed by atoms with van der Waals surface area (Å²) in [6.45, 7) is 13.4. The van der Waals surface area contributed by atoms with E-state index in [-0.39, 0.29) is 11.9 Å². The van der Waals surface area contributed by atoms with Crippen molar-refractivity contribution in [1.82, 2.24) is 5.32 Å². The highest BCUT2D eigenvalue weighted by Gasteiger charge is 2.53. The third kappa shape index (κ3) is 2.69. The molecule has 2 heterocycles. The minimum Gasteiger partial charge on any atom is -0.467 e. The number of hydrogen-bond donors (Lipinski definition) is 1. The first-order chi connectivity index (χ1) is 9.80. The Morgan fingerprint density at radius 2 is 1.71 bits per heavy atom. The number of carbonyl (C=O) groups is 1. The number of rotatable bonds is 6. The van der Waals surface area contributed by atoms with E-state index >= 15 is 0 Å². The Labute approximate surface area is 128 Å². The average molecular weight is 309 g/mol. The van der Waals surface area contributed by atoms with E-state index in [1.807, 2.05) is 12.1 Å². The summed E-state index contributed by atoms with van der Waals surface area (Å²) in [5.74, 6) is 0.758. The molecule has 5 heteroatoms. The van der Waals surface area contributed by atoms with Gasteiger partial charge in [-0.15, -0.1) is 0 Å². The Bertz CT molecular complexity index is 460. The van der Waals surface area contributed by atoms with Gasteiger partial charge in [-0.25, -0.2) is 0 Å². The maximum Gasteiger partial charge on any atom is 0.251 e. The lowest BCUT2D eigenvalue weighted by Gasteiger charge is -2.48. The second-order valence-corrected chi connectivity index (χ2v) is 12.3. The van der Waals surface area contributed by atoms with Gasteiger partial charge in [-0.1, -0.05) is 41.5 Å². The zero-order valence-corrected chi connectivity index (χ0v) is 14.8. The summed E-state index contributed by atoms with van der Waals surface area (Å²) < 4.78 is 12.0. The van der Waals surface area contributed by atoms with Gasteiger partial charge in [-0.2, -0.15) is 0 Å². The topological polar surface area (TPSA) is 51.5 Å². The normalized spacial score (nSPS) is 22.8. The van der Waals surface area contributed by atoms with Crippen LogP contribution >= 0.6 is 0 Å². The van der Waals surface area contributed by atoms with Gasteiger partial charge in [-0.3, -0.25) is 4.79 Å². The Balaban J connectivity index is 2.25. The fourth-order valence-electron chi connectivity index (χ4n) is 3.80. The zero-order valence-electron chi connectivity index (χ0n) is 13.8. The SMILES string of the molecule is CC(C)[Si](O[C@H]1C(=O)N[C@@H]1c1ccco1)(C(C)C)C(C)C. The van der Waals surface area contributed by atoms with Crippen molar-refractivity contribution in [3.63, 3.8) is 0 Å². The van der Waals surface area contributed by atoms with Crippen LogP contribution in [-0.2, 0) is 9.22 Å². The van der Waals surface area contributed by atoms with Crippen LogP contribution < -0.4 is 5.32 Å². The van der Waals surface area contributed by atoms with Gasteiger partial charge in [-0.05, 0) is 28.8 Å². The number of hydrogen-bond acceptors (Lipinski definition) is 3. The maximum atomic E-state index is 12.0. The van der Waals surface area contributed by atoms with Crippen LogP contribution in [0, 0.1) is 0 Å². The van der Waals surface area contributed by atoms with E-state index in [4.69, 9.17) is 8.84 Å². The van der Waals surface area contributed by atoms with Crippen molar-refractivity contribution in [2.75, 3.05) is 0 Å². The maximum absolute atomic E-state index is 12.0. The van der Waals surface area contributed by atoms with E-state index in [2.05, 4.69) is 46.9 Å². The van der Waals surface area contributed by atoms with E-state index in [1.54, 1.807) is 6.26 Å². The van der Waals surface area contributed by atoms with Gasteiger partial charge >= 0.3 is 0 Å². The lowest BCUT2D eigenvalue weighted by Crippen LogP contribution is -2.63. The Morgan fingerprint density at radius 3 is 2.10 bits per heavy atom. The molecule has 1 aliphatic rings. The highest BCUT2D eigenvalue weighted by molar-refractivity contribution is 6.77. The van der Waals surface area contributed by atoms with E-state index < -0.39 is 14.4 Å². The summed E-state index contributed by atoms with van der Waals surface area (Å²) in [7, 11) is -2.06. The Hall–Kier alpha value is -1.07. The van der Waals surface area contributed by atoms with Crippen LogP contribution in [-0.4, -0.2) is 20.3 Å². The number of furan rings is 1. The molecule has 4 nitrogen and oxygen atoms in total. The van der Waals surface area contributed by atoms with Crippen LogP contribution in [0.2, 0.25) is 16.6 Å². The first-order valence-corrected chi connectivity index (χ1v) is 9.96. The van der Waals surface area contributed by atoms with Crippen LogP contribution in [0.1, 0.15) is 53.3 Å². The van der Waals surface area contributed by atoms with Crippen LogP contribution in [0.25, 0.3) is 0 Å². The van der Waals surface area contributed by atoms with E-state index in [0.717, 1.165) is 5.76 Å². The highest BCUT2D eigenvalue weighted by atomic mass is 28.4. The van der Waals surface area contributed by atoms with E-state index in [1.165, 1.54) is 0 Å². The summed E-state index contributed by atoms with van der Waals surface area (Å²) in [4.78, 5) is 12.0. The van der Waals surface area contributed by atoms with Gasteiger partial charge in [0.25, 0.3) is 5.91 Å². The summed E-state index contributed by atoms with van der Waals surface area (Å²) in [5, 5.41) is 2.90. The fraction of sp³-hybridized carbons (Fsp3) is 0.688. The molecule has 1 fully saturated rings. The average Bonchev–Trinajstić information content (AvgIpc) is 2.88. The summed E-state index contributed by atoms with van der Waals surface area (Å²) in [6.07, 6.45) is 1.23. The standard InChI is InChI=1S/C16H27NO3Si/c1-10(2)21(11(3)4,12(5)6)20-15-14(17-16(15)18)13-8-7-9-19-13/h7-12,14-15H,1-6H3,(H,17,18)/t14-,15-/m1/s1. The monoisotopic (exact) mass is 309 g/mol. The first kappa shape index (κ1) is 16.3. The molecule has 0 saturated carbocycles. The van der Waals surface area contributed by atoms with Gasteiger partial charge < -0.3 is 14.2 Å². The smallest absolute Gasteiger partial charge is 0.251 e. The van der Waals surface area contributed by atoms with Crippen molar-refractivity contribution in [2.45, 2.75) is 70.3 Å². The van der Waals surface area contributed by atoms with Crippen molar-refractivity contribution >= 4 is 14.2 Å². The molecule has 2 atom stereocenters. The number of carbonyl (C=O) groups excluding carboxylic acids is 1. The van der Waals surface area contributed by atoms with Crippen molar-refractivity contribution < 1.29 is 13.6 Å². The van der Waals surface area contributed by atoms with Gasteiger partial charge in [0.1, 0.15) is 11.8 Å². The number of amides is 1. The molecule has 0 bridgehead atoms. The van der Waals surface area contributed by atoms with Crippen molar-refractivity contribution in [3.8, 4) is 0 Å². The van der Waals surface area contributed by atoms with Crippen LogP contribution in [0.4, 0.5) is 0 Å².